The number of nitrogens with one attached hydrogen (secondary N) is 1. The second-order valence-corrected chi connectivity index (χ2v) is 4.05. The molecule has 1 rings (SSSR count). The standard InChI is InChI=1S/C13H20N2O3/c1-9-4-5-12(18-3)11(6-9)15-13(16)7-10(8-14)17-2/h4-6,10H,7-8,14H2,1-3H3,(H,15,16). The molecule has 1 amide bonds. The van der Waals surface area contributed by atoms with Gasteiger partial charge in [-0.05, 0) is 24.6 Å². The third kappa shape index (κ3) is 4.01. The second kappa shape index (κ2) is 6.98. The van der Waals surface area contributed by atoms with E-state index < -0.39 is 0 Å². The molecule has 0 spiro atoms. The Hall–Kier alpha value is -1.59. The molecular weight excluding hydrogens is 232 g/mol. The van der Waals surface area contributed by atoms with Crippen LogP contribution < -0.4 is 15.8 Å². The van der Waals surface area contributed by atoms with Crippen LogP contribution in [0.1, 0.15) is 12.0 Å². The summed E-state index contributed by atoms with van der Waals surface area (Å²) in [5.41, 5.74) is 7.19. The molecule has 0 fully saturated rings. The maximum Gasteiger partial charge on any atom is 0.227 e. The molecule has 1 aromatic rings. The van der Waals surface area contributed by atoms with E-state index in [-0.39, 0.29) is 18.4 Å². The van der Waals surface area contributed by atoms with Gasteiger partial charge >= 0.3 is 0 Å². The van der Waals surface area contributed by atoms with Crippen molar-refractivity contribution in [1.29, 1.82) is 0 Å². The number of nitrogens with two attached hydrogens (primary N) is 1. The first-order valence-electron chi connectivity index (χ1n) is 5.78. The Labute approximate surface area is 107 Å². The third-order valence-electron chi connectivity index (χ3n) is 2.64. The molecule has 0 saturated carbocycles. The van der Waals surface area contributed by atoms with Crippen molar-refractivity contribution in [2.75, 3.05) is 26.1 Å². The van der Waals surface area contributed by atoms with Crippen molar-refractivity contribution in [2.24, 2.45) is 5.73 Å². The number of methoxy groups -OCH3 is 2. The number of carbonyl (C=O) groups excluding carboxylic acids is 1. The smallest absolute Gasteiger partial charge is 0.227 e. The van der Waals surface area contributed by atoms with Crippen LogP contribution in [-0.4, -0.2) is 32.8 Å². The van der Waals surface area contributed by atoms with Gasteiger partial charge in [0.2, 0.25) is 5.91 Å². The van der Waals surface area contributed by atoms with Gasteiger partial charge in [-0.3, -0.25) is 4.79 Å². The number of anilines is 1. The van der Waals surface area contributed by atoms with Gasteiger partial charge in [0.25, 0.3) is 0 Å². The molecule has 5 heteroatoms. The molecule has 1 atom stereocenters. The summed E-state index contributed by atoms with van der Waals surface area (Å²) < 4.78 is 10.3. The fourth-order valence-corrected chi connectivity index (χ4v) is 1.59. The Morgan fingerprint density at radius 1 is 1.44 bits per heavy atom. The van der Waals surface area contributed by atoms with Crippen LogP contribution in [0.25, 0.3) is 0 Å². The summed E-state index contributed by atoms with van der Waals surface area (Å²) in [5, 5.41) is 2.80. The van der Waals surface area contributed by atoms with Gasteiger partial charge in [0, 0.05) is 13.7 Å². The molecule has 0 aliphatic rings. The highest BCUT2D eigenvalue weighted by molar-refractivity contribution is 5.92. The minimum atomic E-state index is -0.263. The van der Waals surface area contributed by atoms with Gasteiger partial charge in [0.1, 0.15) is 5.75 Å². The summed E-state index contributed by atoms with van der Waals surface area (Å²) in [4.78, 5) is 11.8. The van der Waals surface area contributed by atoms with Crippen LogP contribution >= 0.6 is 0 Å². The molecule has 18 heavy (non-hydrogen) atoms. The second-order valence-electron chi connectivity index (χ2n) is 4.05. The van der Waals surface area contributed by atoms with Crippen LogP contribution in [0.15, 0.2) is 18.2 Å². The SMILES string of the molecule is COc1ccc(C)cc1NC(=O)CC(CN)OC. The number of carbonyl (C=O) groups is 1. The summed E-state index contributed by atoms with van der Waals surface area (Å²) in [6.45, 7) is 2.27. The van der Waals surface area contributed by atoms with E-state index in [1.54, 1.807) is 7.11 Å². The van der Waals surface area contributed by atoms with E-state index in [0.717, 1.165) is 5.56 Å². The van der Waals surface area contributed by atoms with Crippen LogP contribution in [0.2, 0.25) is 0 Å². The van der Waals surface area contributed by atoms with E-state index in [2.05, 4.69) is 5.32 Å². The number of amides is 1. The van der Waals surface area contributed by atoms with Crippen LogP contribution in [-0.2, 0) is 9.53 Å². The van der Waals surface area contributed by atoms with Crippen LogP contribution in [0.4, 0.5) is 5.69 Å². The highest BCUT2D eigenvalue weighted by Gasteiger charge is 2.13. The zero-order valence-corrected chi connectivity index (χ0v) is 11.0. The molecule has 3 N–H and O–H groups in total. The van der Waals surface area contributed by atoms with Gasteiger partial charge in [-0.25, -0.2) is 0 Å². The molecule has 1 unspecified atom stereocenters. The predicted octanol–water partition coefficient (Wildman–Crippen LogP) is 1.31. The fraction of sp³-hybridized carbons (Fsp3) is 0.462. The summed E-state index contributed by atoms with van der Waals surface area (Å²) in [6, 6.07) is 5.61. The summed E-state index contributed by atoms with van der Waals surface area (Å²) in [7, 11) is 3.11. The van der Waals surface area contributed by atoms with E-state index in [1.807, 2.05) is 25.1 Å². The first kappa shape index (κ1) is 14.5. The van der Waals surface area contributed by atoms with Gasteiger partial charge in [-0.2, -0.15) is 0 Å². The molecule has 0 bridgehead atoms. The molecule has 1 aromatic carbocycles. The Kier molecular flexibility index (Phi) is 5.61. The molecular formula is C13H20N2O3. The summed E-state index contributed by atoms with van der Waals surface area (Å²) >= 11 is 0. The van der Waals surface area contributed by atoms with Crippen molar-refractivity contribution in [3.05, 3.63) is 23.8 Å². The van der Waals surface area contributed by atoms with E-state index >= 15 is 0 Å². The fourth-order valence-electron chi connectivity index (χ4n) is 1.59. The lowest BCUT2D eigenvalue weighted by molar-refractivity contribution is -0.118. The number of hydrogen-bond acceptors (Lipinski definition) is 4. The Morgan fingerprint density at radius 3 is 2.72 bits per heavy atom. The lowest BCUT2D eigenvalue weighted by Crippen LogP contribution is -2.28. The maximum atomic E-state index is 11.8. The Bertz CT molecular complexity index is 403. The average Bonchev–Trinajstić information content (AvgIpc) is 2.36. The van der Waals surface area contributed by atoms with Gasteiger partial charge in [-0.1, -0.05) is 6.07 Å². The molecule has 0 aliphatic carbocycles. The van der Waals surface area contributed by atoms with Gasteiger partial charge in [-0.15, -0.1) is 0 Å². The highest BCUT2D eigenvalue weighted by atomic mass is 16.5. The third-order valence-corrected chi connectivity index (χ3v) is 2.64. The minimum absolute atomic E-state index is 0.142. The van der Waals surface area contributed by atoms with E-state index in [0.29, 0.717) is 18.0 Å². The van der Waals surface area contributed by atoms with Crippen molar-refractivity contribution < 1.29 is 14.3 Å². The monoisotopic (exact) mass is 252 g/mol. The zero-order chi connectivity index (χ0) is 13.5. The van der Waals surface area contributed by atoms with Crippen molar-refractivity contribution in [3.8, 4) is 5.75 Å². The quantitative estimate of drug-likeness (QED) is 0.800. The first-order chi connectivity index (χ1) is 8.60. The van der Waals surface area contributed by atoms with Crippen molar-refractivity contribution in [2.45, 2.75) is 19.4 Å². The number of benzene rings is 1. The number of hydrogen-bond donors (Lipinski definition) is 2. The predicted molar refractivity (Wildman–Crippen MR) is 70.8 cm³/mol. The van der Waals surface area contributed by atoms with Gasteiger partial charge in [0.15, 0.2) is 0 Å². The van der Waals surface area contributed by atoms with Crippen molar-refractivity contribution >= 4 is 11.6 Å². The summed E-state index contributed by atoms with van der Waals surface area (Å²) in [6.07, 6.45) is -0.0369. The molecule has 0 saturated heterocycles. The van der Waals surface area contributed by atoms with E-state index in [9.17, 15) is 4.79 Å². The van der Waals surface area contributed by atoms with E-state index in [1.165, 1.54) is 7.11 Å². The molecule has 0 radical (unpaired) electrons. The zero-order valence-electron chi connectivity index (χ0n) is 11.0. The number of rotatable bonds is 6. The minimum Gasteiger partial charge on any atom is -0.495 e. The van der Waals surface area contributed by atoms with Crippen LogP contribution in [0.3, 0.4) is 0 Å². The van der Waals surface area contributed by atoms with Crippen LogP contribution in [0.5, 0.6) is 5.75 Å². The lowest BCUT2D eigenvalue weighted by Gasteiger charge is -2.14. The van der Waals surface area contributed by atoms with Gasteiger partial charge in [0.05, 0.1) is 25.3 Å². The molecule has 0 aliphatic heterocycles. The highest BCUT2D eigenvalue weighted by Crippen LogP contribution is 2.25. The molecule has 5 nitrogen and oxygen atoms in total. The molecule has 0 heterocycles. The largest absolute Gasteiger partial charge is 0.495 e. The normalized spacial score (nSPS) is 12.0. The molecule has 0 aromatic heterocycles. The molecule has 100 valence electrons. The lowest BCUT2D eigenvalue weighted by atomic mass is 10.2. The van der Waals surface area contributed by atoms with Gasteiger partial charge < -0.3 is 20.5 Å². The Morgan fingerprint density at radius 2 is 2.17 bits per heavy atom. The maximum absolute atomic E-state index is 11.8. The van der Waals surface area contributed by atoms with Crippen LogP contribution in [0, 0.1) is 6.92 Å². The first-order valence-corrected chi connectivity index (χ1v) is 5.78. The van der Waals surface area contributed by atoms with Crippen molar-refractivity contribution in [3.63, 3.8) is 0 Å². The van der Waals surface area contributed by atoms with E-state index in [4.69, 9.17) is 15.2 Å². The number of aryl methyl sites for hydroxylation is 1. The van der Waals surface area contributed by atoms with Crippen molar-refractivity contribution in [1.82, 2.24) is 0 Å². The number of ether oxygens (including phenoxy) is 2. The topological polar surface area (TPSA) is 73.6 Å². The summed E-state index contributed by atoms with van der Waals surface area (Å²) in [5.74, 6) is 0.492. The average molecular weight is 252 g/mol. The Balaban J connectivity index is 2.71.